The van der Waals surface area contributed by atoms with Crippen LogP contribution in [-0.2, 0) is 9.53 Å². The van der Waals surface area contributed by atoms with Gasteiger partial charge in [0.25, 0.3) is 0 Å². The second kappa shape index (κ2) is 8.28. The Morgan fingerprint density at radius 3 is 2.83 bits per heavy atom. The maximum Gasteiger partial charge on any atom is 0.240 e. The predicted molar refractivity (Wildman–Crippen MR) is 92.9 cm³/mol. The van der Waals surface area contributed by atoms with E-state index in [1.165, 1.54) is 0 Å². The summed E-state index contributed by atoms with van der Waals surface area (Å²) < 4.78 is 11.3. The quantitative estimate of drug-likeness (QED) is 0.884. The van der Waals surface area contributed by atoms with Crippen LogP contribution in [0.1, 0.15) is 25.8 Å². The van der Waals surface area contributed by atoms with Gasteiger partial charge in [-0.1, -0.05) is 30.3 Å². The molecule has 1 fully saturated rings. The molecular formula is C17H22ClN3O3. The molecule has 3 atom stereocenters. The highest BCUT2D eigenvalue weighted by Crippen LogP contribution is 2.22. The minimum Gasteiger partial charge on any atom is -0.438 e. The second-order valence-electron chi connectivity index (χ2n) is 5.67. The van der Waals surface area contributed by atoms with Crippen LogP contribution in [0.15, 0.2) is 40.9 Å². The zero-order valence-electron chi connectivity index (χ0n) is 13.7. The van der Waals surface area contributed by atoms with Crippen LogP contribution in [0.3, 0.4) is 0 Å². The largest absolute Gasteiger partial charge is 0.438 e. The number of carbonyl (C=O) groups is 1. The average Bonchev–Trinajstić information content (AvgIpc) is 3.06. The summed E-state index contributed by atoms with van der Waals surface area (Å²) in [7, 11) is 0. The van der Waals surface area contributed by atoms with E-state index in [-0.39, 0.29) is 36.5 Å². The number of aromatic nitrogens is 1. The second-order valence-corrected chi connectivity index (χ2v) is 5.67. The molecule has 6 nitrogen and oxygen atoms in total. The molecule has 0 saturated carbocycles. The Balaban J connectivity index is 0.00000208. The first-order valence-electron chi connectivity index (χ1n) is 7.81. The van der Waals surface area contributed by atoms with Gasteiger partial charge in [-0.15, -0.1) is 12.4 Å². The van der Waals surface area contributed by atoms with Gasteiger partial charge < -0.3 is 19.8 Å². The smallest absolute Gasteiger partial charge is 0.240 e. The average molecular weight is 352 g/mol. The van der Waals surface area contributed by atoms with Gasteiger partial charge in [-0.05, 0) is 13.8 Å². The van der Waals surface area contributed by atoms with E-state index in [0.717, 1.165) is 5.56 Å². The summed E-state index contributed by atoms with van der Waals surface area (Å²) in [6.45, 7) is 5.04. The van der Waals surface area contributed by atoms with Gasteiger partial charge in [0.15, 0.2) is 5.76 Å². The third kappa shape index (κ3) is 4.14. The van der Waals surface area contributed by atoms with Crippen molar-refractivity contribution in [3.63, 3.8) is 0 Å². The topological polar surface area (TPSA) is 76.4 Å². The summed E-state index contributed by atoms with van der Waals surface area (Å²) >= 11 is 0. The molecule has 0 aliphatic carbocycles. The highest BCUT2D eigenvalue weighted by Gasteiger charge is 2.29. The van der Waals surface area contributed by atoms with Gasteiger partial charge in [-0.2, -0.15) is 0 Å². The normalized spacial score (nSPS) is 21.6. The van der Waals surface area contributed by atoms with Crippen molar-refractivity contribution in [2.45, 2.75) is 32.0 Å². The van der Waals surface area contributed by atoms with Crippen molar-refractivity contribution in [2.75, 3.05) is 13.2 Å². The van der Waals surface area contributed by atoms with Crippen LogP contribution < -0.4 is 10.6 Å². The number of halogens is 1. The van der Waals surface area contributed by atoms with Crippen LogP contribution in [0.5, 0.6) is 0 Å². The first-order valence-corrected chi connectivity index (χ1v) is 7.81. The van der Waals surface area contributed by atoms with Gasteiger partial charge in [-0.25, -0.2) is 4.98 Å². The lowest BCUT2D eigenvalue weighted by molar-refractivity contribution is -0.129. The van der Waals surface area contributed by atoms with E-state index in [1.54, 1.807) is 6.20 Å². The van der Waals surface area contributed by atoms with Crippen molar-refractivity contribution >= 4 is 18.3 Å². The summed E-state index contributed by atoms with van der Waals surface area (Å²) in [6.07, 6.45) is 1.53. The van der Waals surface area contributed by atoms with Crippen LogP contribution in [0, 0.1) is 0 Å². The Morgan fingerprint density at radius 2 is 2.12 bits per heavy atom. The van der Waals surface area contributed by atoms with Gasteiger partial charge in [0.1, 0.15) is 12.1 Å². The molecule has 2 N–H and O–H groups in total. The molecule has 1 aromatic heterocycles. The summed E-state index contributed by atoms with van der Waals surface area (Å²) in [5.41, 5.74) is 0.959. The number of amides is 1. The highest BCUT2D eigenvalue weighted by atomic mass is 35.5. The fraction of sp³-hybridized carbons (Fsp3) is 0.412. The van der Waals surface area contributed by atoms with E-state index in [4.69, 9.17) is 9.15 Å². The van der Waals surface area contributed by atoms with E-state index in [0.29, 0.717) is 24.8 Å². The number of carbonyl (C=O) groups excluding carboxylic acids is 1. The number of morpholine rings is 1. The van der Waals surface area contributed by atoms with Crippen molar-refractivity contribution in [3.8, 4) is 11.3 Å². The predicted octanol–water partition coefficient (Wildman–Crippen LogP) is 2.32. The maximum atomic E-state index is 12.3. The van der Waals surface area contributed by atoms with Gasteiger partial charge >= 0.3 is 0 Å². The van der Waals surface area contributed by atoms with Crippen LogP contribution in [-0.4, -0.2) is 36.2 Å². The Labute approximate surface area is 147 Å². The monoisotopic (exact) mass is 351 g/mol. The van der Waals surface area contributed by atoms with Crippen molar-refractivity contribution in [1.82, 2.24) is 15.6 Å². The molecule has 0 bridgehead atoms. The Morgan fingerprint density at radius 1 is 1.38 bits per heavy atom. The van der Waals surface area contributed by atoms with Crippen LogP contribution in [0.25, 0.3) is 11.3 Å². The molecule has 1 amide bonds. The molecule has 0 spiro atoms. The third-order valence-corrected chi connectivity index (χ3v) is 3.91. The molecule has 1 aliphatic heterocycles. The molecule has 24 heavy (non-hydrogen) atoms. The lowest BCUT2D eigenvalue weighted by Crippen LogP contribution is -2.55. The molecule has 1 aliphatic rings. The molecule has 1 saturated heterocycles. The maximum absolute atomic E-state index is 12.3. The van der Waals surface area contributed by atoms with Gasteiger partial charge in [0.05, 0.1) is 18.9 Å². The van der Waals surface area contributed by atoms with Gasteiger partial charge in [-0.3, -0.25) is 4.79 Å². The summed E-state index contributed by atoms with van der Waals surface area (Å²) in [6, 6.07) is 9.09. The lowest BCUT2D eigenvalue weighted by atomic mass is 10.1. The lowest BCUT2D eigenvalue weighted by Gasteiger charge is -2.29. The fourth-order valence-corrected chi connectivity index (χ4v) is 2.62. The molecule has 1 unspecified atom stereocenters. The van der Waals surface area contributed by atoms with Crippen LogP contribution in [0.4, 0.5) is 0 Å². The number of ether oxygens (including phenoxy) is 1. The molecule has 2 aromatic rings. The standard InChI is InChI=1S/C17H21N3O3.ClH/c1-11(20-16(21)15-12(2)22-9-8-18-15)17-19-10-14(23-17)13-6-4-3-5-7-13;/h3-7,10-12,15,18H,8-9H2,1-2H3,(H,20,21);1H/t11?,12-,15+;/m1./s1. The third-order valence-electron chi connectivity index (χ3n) is 3.91. The SMILES string of the molecule is CC(NC(=O)[C@H]1NCCO[C@@H]1C)c1ncc(-c2ccccc2)o1.Cl. The number of rotatable bonds is 4. The van der Waals surface area contributed by atoms with Crippen LogP contribution in [0.2, 0.25) is 0 Å². The van der Waals surface area contributed by atoms with E-state index < -0.39 is 0 Å². The molecule has 3 rings (SSSR count). The van der Waals surface area contributed by atoms with Crippen molar-refractivity contribution in [2.24, 2.45) is 0 Å². The molecule has 0 radical (unpaired) electrons. The molecule has 1 aromatic carbocycles. The van der Waals surface area contributed by atoms with Crippen molar-refractivity contribution < 1.29 is 13.9 Å². The Kier molecular flexibility index (Phi) is 6.36. The number of nitrogens with one attached hydrogen (secondary N) is 2. The summed E-state index contributed by atoms with van der Waals surface area (Å²) in [5, 5.41) is 6.09. The van der Waals surface area contributed by atoms with Crippen LogP contribution >= 0.6 is 12.4 Å². The first-order chi connectivity index (χ1) is 11.1. The zero-order chi connectivity index (χ0) is 16.2. The minimum absolute atomic E-state index is 0. The molecule has 2 heterocycles. The molecule has 7 heteroatoms. The Bertz CT molecular complexity index is 662. The number of benzene rings is 1. The highest BCUT2D eigenvalue weighted by molar-refractivity contribution is 5.85. The van der Waals surface area contributed by atoms with E-state index >= 15 is 0 Å². The van der Waals surface area contributed by atoms with E-state index in [1.807, 2.05) is 44.2 Å². The minimum atomic E-state index is -0.352. The zero-order valence-corrected chi connectivity index (χ0v) is 14.5. The Hall–Kier alpha value is -1.89. The number of hydrogen-bond donors (Lipinski definition) is 2. The van der Waals surface area contributed by atoms with Crippen molar-refractivity contribution in [1.29, 1.82) is 0 Å². The molecule has 130 valence electrons. The number of nitrogens with zero attached hydrogens (tertiary/aromatic N) is 1. The van der Waals surface area contributed by atoms with E-state index in [2.05, 4.69) is 15.6 Å². The number of hydrogen-bond acceptors (Lipinski definition) is 5. The van der Waals surface area contributed by atoms with Gasteiger partial charge in [0.2, 0.25) is 11.8 Å². The first kappa shape index (κ1) is 18.4. The summed E-state index contributed by atoms with van der Waals surface area (Å²) in [5.74, 6) is 1.07. The van der Waals surface area contributed by atoms with Gasteiger partial charge in [0, 0.05) is 12.1 Å². The summed E-state index contributed by atoms with van der Waals surface area (Å²) in [4.78, 5) is 16.6. The van der Waals surface area contributed by atoms with E-state index in [9.17, 15) is 4.79 Å². The number of oxazole rings is 1. The van der Waals surface area contributed by atoms with Crippen molar-refractivity contribution in [3.05, 3.63) is 42.4 Å². The molecular weight excluding hydrogens is 330 g/mol. The fourth-order valence-electron chi connectivity index (χ4n) is 2.62.